The molecular formula is C14H26N2O. The fourth-order valence-corrected chi connectivity index (χ4v) is 3.01. The molecule has 1 N–H and O–H groups in total. The summed E-state index contributed by atoms with van der Waals surface area (Å²) in [5.41, 5.74) is -0.223. The Morgan fingerprint density at radius 3 is 2.65 bits per heavy atom. The van der Waals surface area contributed by atoms with Gasteiger partial charge in [0.1, 0.15) is 0 Å². The second-order valence-corrected chi connectivity index (χ2v) is 5.65. The van der Waals surface area contributed by atoms with E-state index in [9.17, 15) is 4.79 Å². The van der Waals surface area contributed by atoms with Crippen molar-refractivity contribution in [3.05, 3.63) is 0 Å². The molecule has 2 aliphatic rings. The maximum atomic E-state index is 12.7. The number of hydrogen-bond acceptors (Lipinski definition) is 2. The van der Waals surface area contributed by atoms with Crippen LogP contribution in [0, 0.1) is 5.92 Å². The number of amides is 1. The lowest BCUT2D eigenvalue weighted by molar-refractivity contribution is -0.138. The zero-order chi connectivity index (χ0) is 12.3. The number of carbonyl (C=O) groups excluding carboxylic acids is 1. The van der Waals surface area contributed by atoms with Crippen LogP contribution < -0.4 is 5.32 Å². The summed E-state index contributed by atoms with van der Waals surface area (Å²) in [5, 5.41) is 3.49. The minimum atomic E-state index is -0.223. The van der Waals surface area contributed by atoms with E-state index in [1.54, 1.807) is 0 Å². The molecule has 1 saturated carbocycles. The number of nitrogens with zero attached hydrogens (tertiary/aromatic N) is 1. The molecule has 1 atom stereocenters. The highest BCUT2D eigenvalue weighted by atomic mass is 16.2. The normalized spacial score (nSPS) is 28.4. The van der Waals surface area contributed by atoms with Gasteiger partial charge in [-0.25, -0.2) is 0 Å². The molecule has 1 aliphatic carbocycles. The van der Waals surface area contributed by atoms with Crippen molar-refractivity contribution in [3.63, 3.8) is 0 Å². The molecule has 0 aromatic rings. The number of carbonyl (C=O) groups is 1. The molecule has 2 fully saturated rings. The van der Waals surface area contributed by atoms with Crippen LogP contribution in [0.1, 0.15) is 52.4 Å². The van der Waals surface area contributed by atoms with Gasteiger partial charge in [0, 0.05) is 13.1 Å². The first-order valence-corrected chi connectivity index (χ1v) is 7.26. The molecule has 1 heterocycles. The van der Waals surface area contributed by atoms with Crippen LogP contribution in [-0.2, 0) is 4.79 Å². The van der Waals surface area contributed by atoms with E-state index >= 15 is 0 Å². The van der Waals surface area contributed by atoms with Gasteiger partial charge < -0.3 is 10.2 Å². The van der Waals surface area contributed by atoms with Gasteiger partial charge in [0.15, 0.2) is 0 Å². The van der Waals surface area contributed by atoms with Crippen LogP contribution in [0.5, 0.6) is 0 Å². The Labute approximate surface area is 105 Å². The van der Waals surface area contributed by atoms with Crippen LogP contribution in [0.15, 0.2) is 0 Å². The summed E-state index contributed by atoms with van der Waals surface area (Å²) in [6, 6.07) is 0. The monoisotopic (exact) mass is 238 g/mol. The first-order chi connectivity index (χ1) is 8.22. The smallest absolute Gasteiger partial charge is 0.242 e. The Balaban J connectivity index is 2.02. The third kappa shape index (κ3) is 2.82. The number of nitrogens with one attached hydrogen (secondary N) is 1. The third-order valence-electron chi connectivity index (χ3n) is 4.17. The lowest BCUT2D eigenvalue weighted by Gasteiger charge is -2.34. The second kappa shape index (κ2) is 5.38. The predicted octanol–water partition coefficient (Wildman–Crippen LogP) is 2.17. The van der Waals surface area contributed by atoms with E-state index in [-0.39, 0.29) is 5.54 Å². The molecule has 17 heavy (non-hydrogen) atoms. The Hall–Kier alpha value is -0.570. The molecule has 3 nitrogen and oxygen atoms in total. The average molecular weight is 238 g/mol. The molecule has 98 valence electrons. The molecule has 0 spiro atoms. The summed E-state index contributed by atoms with van der Waals surface area (Å²) >= 11 is 0. The van der Waals surface area contributed by atoms with Crippen LogP contribution in [0.3, 0.4) is 0 Å². The largest absolute Gasteiger partial charge is 0.341 e. The maximum Gasteiger partial charge on any atom is 0.242 e. The molecule has 1 amide bonds. The van der Waals surface area contributed by atoms with Crippen molar-refractivity contribution in [2.45, 2.75) is 57.9 Å². The third-order valence-corrected chi connectivity index (χ3v) is 4.17. The second-order valence-electron chi connectivity index (χ2n) is 5.65. The lowest BCUT2D eigenvalue weighted by Crippen LogP contribution is -2.55. The fourth-order valence-electron chi connectivity index (χ4n) is 3.01. The molecule has 1 aliphatic heterocycles. The van der Waals surface area contributed by atoms with Crippen molar-refractivity contribution in [2.24, 2.45) is 5.92 Å². The number of hydrogen-bond donors (Lipinski definition) is 1. The van der Waals surface area contributed by atoms with Gasteiger partial charge in [-0.3, -0.25) is 4.79 Å². The Bertz CT molecular complexity index is 267. The van der Waals surface area contributed by atoms with Gasteiger partial charge in [-0.1, -0.05) is 13.3 Å². The molecule has 1 saturated heterocycles. The minimum absolute atomic E-state index is 0.223. The van der Waals surface area contributed by atoms with Crippen molar-refractivity contribution in [2.75, 3.05) is 19.6 Å². The summed E-state index contributed by atoms with van der Waals surface area (Å²) in [4.78, 5) is 14.8. The highest BCUT2D eigenvalue weighted by Crippen LogP contribution is 2.32. The highest BCUT2D eigenvalue weighted by molar-refractivity contribution is 5.86. The van der Waals surface area contributed by atoms with E-state index in [4.69, 9.17) is 0 Å². The quantitative estimate of drug-likeness (QED) is 0.769. The Morgan fingerprint density at radius 1 is 1.41 bits per heavy atom. The molecule has 3 heteroatoms. The van der Waals surface area contributed by atoms with Crippen LogP contribution in [0.2, 0.25) is 0 Å². The molecule has 0 aromatic carbocycles. The summed E-state index contributed by atoms with van der Waals surface area (Å²) < 4.78 is 0. The first kappa shape index (κ1) is 12.9. The van der Waals surface area contributed by atoms with Crippen molar-refractivity contribution in [1.29, 1.82) is 0 Å². The van der Waals surface area contributed by atoms with Crippen LogP contribution in [0.25, 0.3) is 0 Å². The van der Waals surface area contributed by atoms with Gasteiger partial charge in [0.25, 0.3) is 0 Å². The van der Waals surface area contributed by atoms with E-state index in [1.807, 2.05) is 0 Å². The van der Waals surface area contributed by atoms with Crippen LogP contribution >= 0.6 is 0 Å². The summed E-state index contributed by atoms with van der Waals surface area (Å²) in [5.74, 6) is 1.16. The summed E-state index contributed by atoms with van der Waals surface area (Å²) in [6.07, 6.45) is 6.89. The van der Waals surface area contributed by atoms with E-state index in [0.29, 0.717) is 5.91 Å². The van der Waals surface area contributed by atoms with Gasteiger partial charge in [-0.05, 0) is 51.5 Å². The fraction of sp³-hybridized carbons (Fsp3) is 0.929. The van der Waals surface area contributed by atoms with Crippen molar-refractivity contribution in [1.82, 2.24) is 10.2 Å². The summed E-state index contributed by atoms with van der Waals surface area (Å²) in [7, 11) is 0. The van der Waals surface area contributed by atoms with Gasteiger partial charge in [0.05, 0.1) is 5.54 Å². The van der Waals surface area contributed by atoms with Crippen molar-refractivity contribution >= 4 is 5.91 Å². The van der Waals surface area contributed by atoms with Gasteiger partial charge in [-0.2, -0.15) is 0 Å². The molecule has 0 bridgehead atoms. The number of likely N-dealkylation sites (N-methyl/N-ethyl adjacent to an activating group) is 1. The molecule has 1 unspecified atom stereocenters. The summed E-state index contributed by atoms with van der Waals surface area (Å²) in [6.45, 7) is 7.14. The highest BCUT2D eigenvalue weighted by Gasteiger charge is 2.42. The van der Waals surface area contributed by atoms with Crippen LogP contribution in [-0.4, -0.2) is 36.0 Å². The topological polar surface area (TPSA) is 32.3 Å². The molecule has 0 radical (unpaired) electrons. The predicted molar refractivity (Wildman–Crippen MR) is 69.9 cm³/mol. The van der Waals surface area contributed by atoms with Gasteiger partial charge >= 0.3 is 0 Å². The van der Waals surface area contributed by atoms with Gasteiger partial charge in [0.2, 0.25) is 5.91 Å². The average Bonchev–Trinajstić information content (AvgIpc) is 3.03. The minimum Gasteiger partial charge on any atom is -0.341 e. The molecule has 2 rings (SSSR count). The van der Waals surface area contributed by atoms with Crippen molar-refractivity contribution in [3.8, 4) is 0 Å². The zero-order valence-corrected chi connectivity index (χ0v) is 11.3. The first-order valence-electron chi connectivity index (χ1n) is 7.26. The lowest BCUT2D eigenvalue weighted by atomic mass is 9.90. The maximum absolute atomic E-state index is 12.7. The Kier molecular flexibility index (Phi) is 4.08. The van der Waals surface area contributed by atoms with Crippen molar-refractivity contribution < 1.29 is 4.79 Å². The SMILES string of the molecule is CCCC1(C(=O)N(CC)CC2CC2)CCCN1. The van der Waals surface area contributed by atoms with Crippen LogP contribution in [0.4, 0.5) is 0 Å². The molecule has 0 aromatic heterocycles. The Morgan fingerprint density at radius 2 is 2.18 bits per heavy atom. The van der Waals surface area contributed by atoms with E-state index < -0.39 is 0 Å². The zero-order valence-electron chi connectivity index (χ0n) is 11.3. The van der Waals surface area contributed by atoms with E-state index in [2.05, 4.69) is 24.1 Å². The van der Waals surface area contributed by atoms with E-state index in [0.717, 1.165) is 51.2 Å². The van der Waals surface area contributed by atoms with Gasteiger partial charge in [-0.15, -0.1) is 0 Å². The standard InChI is InChI=1S/C14H26N2O/c1-3-8-14(9-5-10-15-14)13(17)16(4-2)11-12-6-7-12/h12,15H,3-11H2,1-2H3. The molecular weight excluding hydrogens is 212 g/mol. The number of rotatable bonds is 6. The van der Waals surface area contributed by atoms with E-state index in [1.165, 1.54) is 12.8 Å².